The third kappa shape index (κ3) is 5.15. The lowest BCUT2D eigenvalue weighted by Crippen LogP contribution is -2.45. The van der Waals surface area contributed by atoms with Gasteiger partial charge in [-0.25, -0.2) is 0 Å². The molecule has 2 aromatic rings. The second kappa shape index (κ2) is 9.49. The van der Waals surface area contributed by atoms with Gasteiger partial charge in [-0.3, -0.25) is 4.90 Å². The minimum Gasteiger partial charge on any atom is -0.309 e. The van der Waals surface area contributed by atoms with Crippen LogP contribution < -0.4 is 5.32 Å². The fraction of sp³-hybridized carbons (Fsp3) is 0.409. The lowest BCUT2D eigenvalue weighted by molar-refractivity contribution is 0.131. The summed E-state index contributed by atoms with van der Waals surface area (Å²) in [5.74, 6) is 0. The highest BCUT2D eigenvalue weighted by molar-refractivity contribution is 5.33. The number of piperazine rings is 1. The number of rotatable bonds is 7. The molecule has 2 aromatic carbocycles. The van der Waals surface area contributed by atoms with Crippen molar-refractivity contribution in [3.05, 3.63) is 70.8 Å². The van der Waals surface area contributed by atoms with E-state index < -0.39 is 0 Å². The molecule has 0 bridgehead atoms. The van der Waals surface area contributed by atoms with Crippen LogP contribution in [0.4, 0.5) is 0 Å². The van der Waals surface area contributed by atoms with Crippen LogP contribution in [0.15, 0.2) is 48.5 Å². The number of hydrogen-bond acceptors (Lipinski definition) is 4. The molecule has 26 heavy (non-hydrogen) atoms. The second-order valence-corrected chi connectivity index (χ2v) is 6.89. The summed E-state index contributed by atoms with van der Waals surface area (Å²) in [5.41, 5.74) is 4.64. The molecule has 4 heteroatoms. The first-order valence-corrected chi connectivity index (χ1v) is 9.49. The zero-order chi connectivity index (χ0) is 18.2. The highest BCUT2D eigenvalue weighted by atomic mass is 15.3. The molecule has 1 heterocycles. The Kier molecular flexibility index (Phi) is 6.79. The molecule has 0 saturated carbocycles. The summed E-state index contributed by atoms with van der Waals surface area (Å²) in [4.78, 5) is 5.07. The molecule has 0 spiro atoms. The summed E-state index contributed by atoms with van der Waals surface area (Å²) in [6.07, 6.45) is 0. The van der Waals surface area contributed by atoms with Gasteiger partial charge < -0.3 is 10.2 Å². The molecule has 0 radical (unpaired) electrons. The molecule has 0 aliphatic carbocycles. The zero-order valence-electron chi connectivity index (χ0n) is 15.6. The maximum Gasteiger partial charge on any atom is 0.0991 e. The molecule has 1 fully saturated rings. The zero-order valence-corrected chi connectivity index (χ0v) is 15.6. The van der Waals surface area contributed by atoms with Crippen LogP contribution in [0.3, 0.4) is 0 Å². The average Bonchev–Trinajstić information content (AvgIpc) is 2.70. The molecule has 0 amide bonds. The van der Waals surface area contributed by atoms with Crippen LogP contribution in [-0.4, -0.2) is 42.5 Å². The second-order valence-electron chi connectivity index (χ2n) is 6.89. The van der Waals surface area contributed by atoms with Crippen molar-refractivity contribution in [1.82, 2.24) is 15.1 Å². The van der Waals surface area contributed by atoms with Gasteiger partial charge >= 0.3 is 0 Å². The Hall–Kier alpha value is -2.19. The molecule has 4 nitrogen and oxygen atoms in total. The number of nitrogens with one attached hydrogen (secondary N) is 1. The van der Waals surface area contributed by atoms with Crippen LogP contribution in [0.5, 0.6) is 0 Å². The Bertz CT molecular complexity index is 742. The van der Waals surface area contributed by atoms with E-state index in [1.54, 1.807) is 0 Å². The van der Waals surface area contributed by atoms with Crippen molar-refractivity contribution in [1.29, 1.82) is 5.26 Å². The van der Waals surface area contributed by atoms with Crippen molar-refractivity contribution in [2.45, 2.75) is 26.6 Å². The topological polar surface area (TPSA) is 42.3 Å². The van der Waals surface area contributed by atoms with Crippen molar-refractivity contribution >= 4 is 0 Å². The predicted molar refractivity (Wildman–Crippen MR) is 106 cm³/mol. The number of nitrogens with zero attached hydrogens (tertiary/aromatic N) is 3. The van der Waals surface area contributed by atoms with Crippen LogP contribution in [-0.2, 0) is 19.6 Å². The molecule has 1 aliphatic rings. The van der Waals surface area contributed by atoms with E-state index in [9.17, 15) is 0 Å². The van der Waals surface area contributed by atoms with E-state index in [1.807, 2.05) is 18.2 Å². The maximum atomic E-state index is 9.01. The molecular weight excluding hydrogens is 320 g/mol. The Morgan fingerprint density at radius 1 is 0.923 bits per heavy atom. The highest BCUT2D eigenvalue weighted by Crippen LogP contribution is 2.14. The molecular formula is C22H28N4. The SMILES string of the molecule is CCN1CCN(Cc2ccccc2CNCc2cccc(C#N)c2)CC1. The van der Waals surface area contributed by atoms with Gasteiger partial charge in [0, 0.05) is 45.8 Å². The van der Waals surface area contributed by atoms with Gasteiger partial charge in [0.15, 0.2) is 0 Å². The first-order chi connectivity index (χ1) is 12.8. The molecule has 0 atom stereocenters. The van der Waals surface area contributed by atoms with Crippen molar-refractivity contribution in [2.24, 2.45) is 0 Å². The molecule has 1 aliphatic heterocycles. The summed E-state index contributed by atoms with van der Waals surface area (Å²) in [5, 5.41) is 12.5. The monoisotopic (exact) mass is 348 g/mol. The van der Waals surface area contributed by atoms with E-state index in [-0.39, 0.29) is 0 Å². The van der Waals surface area contributed by atoms with Crippen LogP contribution in [0.1, 0.15) is 29.2 Å². The predicted octanol–water partition coefficient (Wildman–Crippen LogP) is 2.99. The van der Waals surface area contributed by atoms with E-state index in [1.165, 1.54) is 24.2 Å². The number of benzene rings is 2. The van der Waals surface area contributed by atoms with Crippen LogP contribution in [0.25, 0.3) is 0 Å². The minimum atomic E-state index is 0.718. The largest absolute Gasteiger partial charge is 0.309 e. The Labute approximate surface area is 157 Å². The third-order valence-electron chi connectivity index (χ3n) is 5.13. The van der Waals surface area contributed by atoms with Gasteiger partial charge in [-0.15, -0.1) is 0 Å². The lowest BCUT2D eigenvalue weighted by Gasteiger charge is -2.34. The number of hydrogen-bond donors (Lipinski definition) is 1. The average molecular weight is 348 g/mol. The number of likely N-dealkylation sites (N-methyl/N-ethyl adjacent to an activating group) is 1. The van der Waals surface area contributed by atoms with Gasteiger partial charge in [-0.05, 0) is 35.4 Å². The van der Waals surface area contributed by atoms with E-state index >= 15 is 0 Å². The van der Waals surface area contributed by atoms with Crippen LogP contribution >= 0.6 is 0 Å². The van der Waals surface area contributed by atoms with Gasteiger partial charge in [0.2, 0.25) is 0 Å². The molecule has 0 aromatic heterocycles. The van der Waals surface area contributed by atoms with Gasteiger partial charge in [-0.2, -0.15) is 5.26 Å². The summed E-state index contributed by atoms with van der Waals surface area (Å²) in [6.45, 7) is 10.7. The minimum absolute atomic E-state index is 0.718. The van der Waals surface area contributed by atoms with Crippen LogP contribution in [0.2, 0.25) is 0 Å². The van der Waals surface area contributed by atoms with Crippen molar-refractivity contribution in [2.75, 3.05) is 32.7 Å². The normalized spacial score (nSPS) is 15.7. The molecule has 3 rings (SSSR count). The quantitative estimate of drug-likeness (QED) is 0.835. The summed E-state index contributed by atoms with van der Waals surface area (Å²) >= 11 is 0. The smallest absolute Gasteiger partial charge is 0.0991 e. The van der Waals surface area contributed by atoms with Gasteiger partial charge in [0.25, 0.3) is 0 Å². The number of nitriles is 1. The van der Waals surface area contributed by atoms with Gasteiger partial charge in [0.1, 0.15) is 0 Å². The molecule has 1 saturated heterocycles. The molecule has 1 N–H and O–H groups in total. The fourth-order valence-electron chi connectivity index (χ4n) is 3.48. The third-order valence-corrected chi connectivity index (χ3v) is 5.13. The maximum absolute atomic E-state index is 9.01. The van der Waals surface area contributed by atoms with E-state index in [4.69, 9.17) is 5.26 Å². The first-order valence-electron chi connectivity index (χ1n) is 9.49. The Balaban J connectivity index is 1.54. The Morgan fingerprint density at radius 2 is 1.65 bits per heavy atom. The highest BCUT2D eigenvalue weighted by Gasteiger charge is 2.16. The molecule has 136 valence electrons. The van der Waals surface area contributed by atoms with Crippen molar-refractivity contribution in [3.63, 3.8) is 0 Å². The summed E-state index contributed by atoms with van der Waals surface area (Å²) in [6, 6.07) is 18.7. The first kappa shape index (κ1) is 18.6. The van der Waals surface area contributed by atoms with E-state index in [0.717, 1.165) is 50.4 Å². The molecule has 0 unspecified atom stereocenters. The van der Waals surface area contributed by atoms with Gasteiger partial charge in [-0.1, -0.05) is 43.3 Å². The summed E-state index contributed by atoms with van der Waals surface area (Å²) in [7, 11) is 0. The van der Waals surface area contributed by atoms with E-state index in [0.29, 0.717) is 0 Å². The fourth-order valence-corrected chi connectivity index (χ4v) is 3.48. The van der Waals surface area contributed by atoms with Crippen molar-refractivity contribution < 1.29 is 0 Å². The Morgan fingerprint density at radius 3 is 2.38 bits per heavy atom. The van der Waals surface area contributed by atoms with Crippen LogP contribution in [0, 0.1) is 11.3 Å². The van der Waals surface area contributed by atoms with Gasteiger partial charge in [0.05, 0.1) is 11.6 Å². The summed E-state index contributed by atoms with van der Waals surface area (Å²) < 4.78 is 0. The van der Waals surface area contributed by atoms with E-state index in [2.05, 4.69) is 58.4 Å². The van der Waals surface area contributed by atoms with Crippen molar-refractivity contribution in [3.8, 4) is 6.07 Å². The standard InChI is InChI=1S/C22H28N4/c1-2-25-10-12-26(13-11-25)18-22-9-4-3-8-21(22)17-24-16-20-7-5-6-19(14-20)15-23/h3-9,14,24H,2,10-13,16-18H2,1H3. The lowest BCUT2D eigenvalue weighted by atomic mass is 10.1.